The van der Waals surface area contributed by atoms with E-state index in [9.17, 15) is 10.0 Å². The van der Waals surface area contributed by atoms with Crippen molar-refractivity contribution in [3.05, 3.63) is 17.0 Å². The predicted molar refractivity (Wildman–Crippen MR) is 45.6 cm³/mol. The standard InChI is InChI=1S/C7H6N4O2/c1-11-4-2-3-5(12)7(9-13)6(4)8-10-11/h2-3,12H,1H3. The van der Waals surface area contributed by atoms with Crippen LogP contribution in [0.2, 0.25) is 0 Å². The summed E-state index contributed by atoms with van der Waals surface area (Å²) in [5, 5.41) is 19.4. The first kappa shape index (κ1) is 7.66. The fraction of sp³-hybridized carbons (Fsp3) is 0.143. The molecule has 0 amide bonds. The Morgan fingerprint density at radius 1 is 1.54 bits per heavy atom. The van der Waals surface area contributed by atoms with Gasteiger partial charge in [-0.2, -0.15) is 0 Å². The Bertz CT molecular complexity index is 477. The summed E-state index contributed by atoms with van der Waals surface area (Å²) in [5.74, 6) is -0.178. The number of aromatic hydroxyl groups is 1. The third kappa shape index (κ3) is 0.952. The van der Waals surface area contributed by atoms with Crippen LogP contribution in [-0.2, 0) is 7.05 Å². The van der Waals surface area contributed by atoms with Crippen molar-refractivity contribution in [2.45, 2.75) is 0 Å². The van der Waals surface area contributed by atoms with Crippen molar-refractivity contribution in [3.8, 4) is 5.75 Å². The number of aromatic nitrogens is 3. The first-order chi connectivity index (χ1) is 6.24. The highest BCUT2D eigenvalue weighted by Gasteiger charge is 2.11. The lowest BCUT2D eigenvalue weighted by Gasteiger charge is -1.95. The van der Waals surface area contributed by atoms with Crippen LogP contribution in [0.5, 0.6) is 5.75 Å². The topological polar surface area (TPSA) is 80.4 Å². The molecule has 1 aromatic heterocycles. The van der Waals surface area contributed by atoms with Crippen molar-refractivity contribution in [1.82, 2.24) is 15.0 Å². The highest BCUT2D eigenvalue weighted by molar-refractivity contribution is 5.89. The lowest BCUT2D eigenvalue weighted by molar-refractivity contribution is 0.477. The van der Waals surface area contributed by atoms with Crippen LogP contribution in [0.4, 0.5) is 5.69 Å². The number of benzene rings is 1. The summed E-state index contributed by atoms with van der Waals surface area (Å²) < 4.78 is 1.50. The molecule has 0 aliphatic heterocycles. The maximum Gasteiger partial charge on any atom is 0.179 e. The van der Waals surface area contributed by atoms with E-state index in [1.54, 1.807) is 13.1 Å². The Morgan fingerprint density at radius 2 is 2.31 bits per heavy atom. The van der Waals surface area contributed by atoms with Gasteiger partial charge in [0.1, 0.15) is 11.3 Å². The van der Waals surface area contributed by atoms with Gasteiger partial charge in [-0.3, -0.25) is 0 Å². The number of nitrogens with zero attached hydrogens (tertiary/aromatic N) is 4. The van der Waals surface area contributed by atoms with Crippen molar-refractivity contribution >= 4 is 16.7 Å². The van der Waals surface area contributed by atoms with Crippen LogP contribution in [-0.4, -0.2) is 20.1 Å². The minimum absolute atomic E-state index is 0.0643. The third-order valence-electron chi connectivity index (χ3n) is 1.83. The van der Waals surface area contributed by atoms with Crippen LogP contribution in [0, 0.1) is 4.91 Å². The Kier molecular flexibility index (Phi) is 1.48. The molecule has 0 radical (unpaired) electrons. The molecule has 66 valence electrons. The average Bonchev–Trinajstić information content (AvgIpc) is 2.48. The van der Waals surface area contributed by atoms with E-state index < -0.39 is 0 Å². The van der Waals surface area contributed by atoms with Crippen LogP contribution in [0.25, 0.3) is 11.0 Å². The van der Waals surface area contributed by atoms with Gasteiger partial charge < -0.3 is 5.11 Å². The lowest BCUT2D eigenvalue weighted by atomic mass is 10.2. The molecule has 0 fully saturated rings. The van der Waals surface area contributed by atoms with Crippen LogP contribution < -0.4 is 0 Å². The molecular weight excluding hydrogens is 172 g/mol. The third-order valence-corrected chi connectivity index (χ3v) is 1.83. The van der Waals surface area contributed by atoms with E-state index in [-0.39, 0.29) is 11.4 Å². The lowest BCUT2D eigenvalue weighted by Crippen LogP contribution is -1.88. The second-order valence-corrected chi connectivity index (χ2v) is 2.61. The number of phenols is 1. The van der Waals surface area contributed by atoms with E-state index in [2.05, 4.69) is 15.5 Å². The Labute approximate surface area is 72.8 Å². The first-order valence-corrected chi connectivity index (χ1v) is 3.58. The molecular formula is C7H6N4O2. The summed E-state index contributed by atoms with van der Waals surface area (Å²) in [6.07, 6.45) is 0. The second kappa shape index (κ2) is 2.51. The molecule has 13 heavy (non-hydrogen) atoms. The van der Waals surface area contributed by atoms with Gasteiger partial charge >= 0.3 is 0 Å². The monoisotopic (exact) mass is 178 g/mol. The molecule has 0 aliphatic carbocycles. The maximum atomic E-state index is 10.4. The van der Waals surface area contributed by atoms with Crippen molar-refractivity contribution in [2.24, 2.45) is 12.2 Å². The van der Waals surface area contributed by atoms with Gasteiger partial charge in [-0.15, -0.1) is 10.0 Å². The van der Waals surface area contributed by atoms with E-state index in [0.717, 1.165) is 0 Å². The van der Waals surface area contributed by atoms with E-state index >= 15 is 0 Å². The van der Waals surface area contributed by atoms with Gasteiger partial charge in [-0.25, -0.2) is 4.68 Å². The quantitative estimate of drug-likeness (QED) is 0.662. The summed E-state index contributed by atoms with van der Waals surface area (Å²) in [7, 11) is 1.70. The highest BCUT2D eigenvalue weighted by atomic mass is 16.3. The highest BCUT2D eigenvalue weighted by Crippen LogP contribution is 2.32. The Morgan fingerprint density at radius 3 is 3.00 bits per heavy atom. The minimum atomic E-state index is -0.178. The molecule has 0 unspecified atom stereocenters. The van der Waals surface area contributed by atoms with Crippen LogP contribution in [0.3, 0.4) is 0 Å². The van der Waals surface area contributed by atoms with Gasteiger partial charge in [0.2, 0.25) is 0 Å². The maximum absolute atomic E-state index is 10.4. The molecule has 0 atom stereocenters. The zero-order valence-electron chi connectivity index (χ0n) is 6.80. The molecule has 6 heteroatoms. The van der Waals surface area contributed by atoms with Gasteiger partial charge in [0.05, 0.1) is 5.52 Å². The minimum Gasteiger partial charge on any atom is -0.505 e. The predicted octanol–water partition coefficient (Wildman–Crippen LogP) is 1.07. The summed E-state index contributed by atoms with van der Waals surface area (Å²) in [5.41, 5.74) is 0.913. The van der Waals surface area contributed by atoms with E-state index in [1.165, 1.54) is 10.7 Å². The smallest absolute Gasteiger partial charge is 0.179 e. The normalized spacial score (nSPS) is 10.5. The van der Waals surface area contributed by atoms with Crippen LogP contribution in [0.15, 0.2) is 17.3 Å². The molecule has 0 spiro atoms. The van der Waals surface area contributed by atoms with Crippen molar-refractivity contribution in [2.75, 3.05) is 0 Å². The van der Waals surface area contributed by atoms with Gasteiger partial charge in [-0.1, -0.05) is 5.21 Å². The molecule has 1 aromatic carbocycles. The second-order valence-electron chi connectivity index (χ2n) is 2.61. The fourth-order valence-electron chi connectivity index (χ4n) is 1.17. The number of phenolic OH excluding ortho intramolecular Hbond substituents is 1. The van der Waals surface area contributed by atoms with Crippen molar-refractivity contribution in [3.63, 3.8) is 0 Å². The average molecular weight is 178 g/mol. The number of fused-ring (bicyclic) bond motifs is 1. The van der Waals surface area contributed by atoms with Gasteiger partial charge in [0, 0.05) is 7.05 Å². The molecule has 0 saturated heterocycles. The zero-order chi connectivity index (χ0) is 9.42. The molecule has 0 aliphatic rings. The zero-order valence-corrected chi connectivity index (χ0v) is 6.80. The number of aryl methyl sites for hydroxylation is 1. The molecule has 1 N–H and O–H groups in total. The Balaban J connectivity index is 2.92. The number of hydrogen-bond donors (Lipinski definition) is 1. The molecule has 2 rings (SSSR count). The van der Waals surface area contributed by atoms with Crippen molar-refractivity contribution < 1.29 is 5.11 Å². The largest absolute Gasteiger partial charge is 0.505 e. The number of rotatable bonds is 1. The van der Waals surface area contributed by atoms with Crippen LogP contribution in [0.1, 0.15) is 0 Å². The molecule has 0 saturated carbocycles. The summed E-state index contributed by atoms with van der Waals surface area (Å²) in [4.78, 5) is 10.4. The molecule has 1 heterocycles. The number of hydrogen-bond acceptors (Lipinski definition) is 5. The number of nitroso groups, excluding NO2 is 1. The SMILES string of the molecule is Cn1nnc2c(N=O)c(O)ccc21. The molecule has 2 aromatic rings. The summed E-state index contributed by atoms with van der Waals surface area (Å²) >= 11 is 0. The van der Waals surface area contributed by atoms with Gasteiger partial charge in [-0.05, 0) is 17.3 Å². The van der Waals surface area contributed by atoms with Gasteiger partial charge in [0.15, 0.2) is 5.69 Å². The Hall–Kier alpha value is -1.98. The van der Waals surface area contributed by atoms with Gasteiger partial charge in [0.25, 0.3) is 0 Å². The van der Waals surface area contributed by atoms with E-state index in [0.29, 0.717) is 11.0 Å². The van der Waals surface area contributed by atoms with Crippen molar-refractivity contribution in [1.29, 1.82) is 0 Å². The molecule has 6 nitrogen and oxygen atoms in total. The first-order valence-electron chi connectivity index (χ1n) is 3.58. The van der Waals surface area contributed by atoms with Crippen LogP contribution >= 0.6 is 0 Å². The summed E-state index contributed by atoms with van der Waals surface area (Å²) in [6, 6.07) is 3.02. The fourth-order valence-corrected chi connectivity index (χ4v) is 1.17. The molecule has 0 bridgehead atoms. The van der Waals surface area contributed by atoms with E-state index in [1.807, 2.05) is 0 Å². The van der Waals surface area contributed by atoms with E-state index in [4.69, 9.17) is 0 Å². The summed E-state index contributed by atoms with van der Waals surface area (Å²) in [6.45, 7) is 0.